The number of nitrogens with one attached hydrogen (secondary N) is 1. The van der Waals surface area contributed by atoms with Gasteiger partial charge in [0.05, 0.1) is 6.61 Å². The van der Waals surface area contributed by atoms with Gasteiger partial charge in [0.2, 0.25) is 0 Å². The Bertz CT molecular complexity index is 211. The van der Waals surface area contributed by atoms with Gasteiger partial charge in [-0.1, -0.05) is 13.3 Å². The highest BCUT2D eigenvalue weighted by Gasteiger charge is 2.16. The van der Waals surface area contributed by atoms with Crippen molar-refractivity contribution in [1.29, 1.82) is 0 Å². The van der Waals surface area contributed by atoms with Crippen molar-refractivity contribution in [3.8, 4) is 0 Å². The van der Waals surface area contributed by atoms with Gasteiger partial charge in [-0.05, 0) is 37.4 Å². The van der Waals surface area contributed by atoms with Gasteiger partial charge in [0.1, 0.15) is 0 Å². The van der Waals surface area contributed by atoms with Crippen LogP contribution >= 0.6 is 12.2 Å². The first-order valence-electron chi connectivity index (χ1n) is 6.29. The summed E-state index contributed by atoms with van der Waals surface area (Å²) in [5, 5.41) is 4.14. The highest BCUT2D eigenvalue weighted by Crippen LogP contribution is 2.20. The Balaban J connectivity index is 2.27. The van der Waals surface area contributed by atoms with Gasteiger partial charge in [-0.2, -0.15) is 0 Å². The van der Waals surface area contributed by atoms with E-state index in [2.05, 4.69) is 17.1 Å². The lowest BCUT2D eigenvalue weighted by Crippen LogP contribution is -2.41. The Labute approximate surface area is 105 Å². The predicted molar refractivity (Wildman–Crippen MR) is 71.7 cm³/mol. The molecular weight excluding hydrogens is 220 g/mol. The smallest absolute Gasteiger partial charge is 0.169 e. The van der Waals surface area contributed by atoms with Crippen LogP contribution in [-0.4, -0.2) is 43.4 Å². The predicted octanol–water partition coefficient (Wildman–Crippen LogP) is 2.02. The number of nitrogens with zero attached hydrogens (tertiary/aromatic N) is 1. The molecule has 0 spiro atoms. The molecule has 1 aliphatic rings. The molecular formula is C12H24N2OS. The van der Waals surface area contributed by atoms with E-state index < -0.39 is 0 Å². The Hall–Kier alpha value is -0.350. The Morgan fingerprint density at radius 2 is 2.25 bits per heavy atom. The van der Waals surface area contributed by atoms with Crippen LogP contribution in [0, 0.1) is 5.92 Å². The number of rotatable bonds is 4. The second kappa shape index (κ2) is 7.85. The number of hydrogen-bond donors (Lipinski definition) is 1. The highest BCUT2D eigenvalue weighted by atomic mass is 32.1. The number of thiocarbonyl (C=S) groups is 1. The highest BCUT2D eigenvalue weighted by molar-refractivity contribution is 7.80. The second-order valence-corrected chi connectivity index (χ2v) is 4.80. The monoisotopic (exact) mass is 244 g/mol. The molecule has 16 heavy (non-hydrogen) atoms. The van der Waals surface area contributed by atoms with Gasteiger partial charge in [0.15, 0.2) is 5.11 Å². The average Bonchev–Trinajstić information content (AvgIpc) is 2.54. The number of hydrogen-bond acceptors (Lipinski definition) is 2. The summed E-state index contributed by atoms with van der Waals surface area (Å²) in [5.41, 5.74) is 0. The molecule has 4 heteroatoms. The van der Waals surface area contributed by atoms with Crippen LogP contribution in [0.4, 0.5) is 0 Å². The first-order valence-corrected chi connectivity index (χ1v) is 6.70. The normalized spacial score (nSPS) is 21.6. The zero-order valence-electron chi connectivity index (χ0n) is 10.5. The van der Waals surface area contributed by atoms with Crippen LogP contribution in [-0.2, 0) is 4.74 Å². The van der Waals surface area contributed by atoms with Crippen LogP contribution in [0.15, 0.2) is 0 Å². The molecule has 1 aliphatic heterocycles. The van der Waals surface area contributed by atoms with E-state index in [1.807, 2.05) is 0 Å². The molecule has 0 aliphatic carbocycles. The summed E-state index contributed by atoms with van der Waals surface area (Å²) in [4.78, 5) is 2.31. The molecule has 1 saturated heterocycles. The summed E-state index contributed by atoms with van der Waals surface area (Å²) in [6.45, 7) is 6.02. The maximum absolute atomic E-state index is 5.38. The summed E-state index contributed by atoms with van der Waals surface area (Å²) in [6, 6.07) is 0. The number of ether oxygens (including phenoxy) is 1. The van der Waals surface area contributed by atoms with Crippen LogP contribution in [0.1, 0.15) is 32.6 Å². The first-order chi connectivity index (χ1) is 7.77. The fourth-order valence-corrected chi connectivity index (χ4v) is 2.43. The molecule has 1 heterocycles. The van der Waals surface area contributed by atoms with Gasteiger partial charge in [0.25, 0.3) is 0 Å². The molecule has 1 unspecified atom stereocenters. The number of methoxy groups -OCH3 is 1. The largest absolute Gasteiger partial charge is 0.383 e. The quantitative estimate of drug-likeness (QED) is 0.604. The molecule has 0 bridgehead atoms. The van der Waals surface area contributed by atoms with Gasteiger partial charge < -0.3 is 15.0 Å². The lowest BCUT2D eigenvalue weighted by Gasteiger charge is -2.24. The van der Waals surface area contributed by atoms with Gasteiger partial charge in [-0.3, -0.25) is 0 Å². The minimum atomic E-state index is 0.714. The van der Waals surface area contributed by atoms with Gasteiger partial charge in [-0.25, -0.2) is 0 Å². The lowest BCUT2D eigenvalue weighted by atomic mass is 9.98. The van der Waals surface area contributed by atoms with Crippen LogP contribution in [0.25, 0.3) is 0 Å². The van der Waals surface area contributed by atoms with Crippen molar-refractivity contribution in [3.05, 3.63) is 0 Å². The fraction of sp³-hybridized carbons (Fsp3) is 0.917. The van der Waals surface area contributed by atoms with Crippen molar-refractivity contribution in [3.63, 3.8) is 0 Å². The second-order valence-electron chi connectivity index (χ2n) is 4.42. The minimum absolute atomic E-state index is 0.714. The zero-order valence-corrected chi connectivity index (χ0v) is 11.3. The molecule has 1 rings (SSSR count). The van der Waals surface area contributed by atoms with Crippen molar-refractivity contribution in [2.75, 3.05) is 33.4 Å². The first kappa shape index (κ1) is 13.7. The Morgan fingerprint density at radius 1 is 1.44 bits per heavy atom. The van der Waals surface area contributed by atoms with E-state index in [0.29, 0.717) is 6.61 Å². The topological polar surface area (TPSA) is 24.5 Å². The van der Waals surface area contributed by atoms with E-state index in [-0.39, 0.29) is 0 Å². The van der Waals surface area contributed by atoms with Crippen LogP contribution in [0.3, 0.4) is 0 Å². The molecule has 0 radical (unpaired) electrons. The molecule has 94 valence electrons. The van der Waals surface area contributed by atoms with Gasteiger partial charge >= 0.3 is 0 Å². The van der Waals surface area contributed by atoms with Crippen LogP contribution in [0.2, 0.25) is 0 Å². The minimum Gasteiger partial charge on any atom is -0.383 e. The van der Waals surface area contributed by atoms with Gasteiger partial charge in [0, 0.05) is 26.7 Å². The van der Waals surface area contributed by atoms with E-state index in [1.165, 1.54) is 25.7 Å². The average molecular weight is 244 g/mol. The zero-order chi connectivity index (χ0) is 11.8. The molecule has 0 amide bonds. The maximum Gasteiger partial charge on any atom is 0.169 e. The Kier molecular flexibility index (Phi) is 6.73. The molecule has 0 aromatic carbocycles. The van der Waals surface area contributed by atoms with Crippen molar-refractivity contribution in [1.82, 2.24) is 10.2 Å². The SMILES string of the molecule is CCC1CCCN(C(=S)NCCOC)CC1. The van der Waals surface area contributed by atoms with Gasteiger partial charge in [-0.15, -0.1) is 0 Å². The third-order valence-corrected chi connectivity index (χ3v) is 3.70. The molecule has 3 nitrogen and oxygen atoms in total. The molecule has 0 saturated carbocycles. The van der Waals surface area contributed by atoms with E-state index in [1.54, 1.807) is 7.11 Å². The molecule has 1 fully saturated rings. The Morgan fingerprint density at radius 3 is 2.94 bits per heavy atom. The molecule has 0 aromatic heterocycles. The van der Waals surface area contributed by atoms with Crippen LogP contribution < -0.4 is 5.32 Å². The van der Waals surface area contributed by atoms with Crippen molar-refractivity contribution in [2.45, 2.75) is 32.6 Å². The van der Waals surface area contributed by atoms with Crippen LogP contribution in [0.5, 0.6) is 0 Å². The summed E-state index contributed by atoms with van der Waals surface area (Å²) in [5.74, 6) is 0.895. The van der Waals surface area contributed by atoms with Crippen molar-refractivity contribution < 1.29 is 4.74 Å². The molecule has 1 atom stereocenters. The maximum atomic E-state index is 5.38. The van der Waals surface area contributed by atoms with Crippen molar-refractivity contribution >= 4 is 17.3 Å². The van der Waals surface area contributed by atoms with Crippen molar-refractivity contribution in [2.24, 2.45) is 5.92 Å². The summed E-state index contributed by atoms with van der Waals surface area (Å²) in [7, 11) is 1.71. The standard InChI is InChI=1S/C12H24N2OS/c1-3-11-5-4-8-14(9-6-11)12(16)13-7-10-15-2/h11H,3-10H2,1-2H3,(H,13,16). The van der Waals surface area contributed by atoms with E-state index in [4.69, 9.17) is 17.0 Å². The molecule has 1 N–H and O–H groups in total. The third kappa shape index (κ3) is 4.66. The summed E-state index contributed by atoms with van der Waals surface area (Å²) >= 11 is 5.38. The van der Waals surface area contributed by atoms with E-state index in [0.717, 1.165) is 30.7 Å². The number of likely N-dealkylation sites (tertiary alicyclic amines) is 1. The van der Waals surface area contributed by atoms with E-state index in [9.17, 15) is 0 Å². The fourth-order valence-electron chi connectivity index (χ4n) is 2.15. The molecule has 0 aromatic rings. The van der Waals surface area contributed by atoms with E-state index >= 15 is 0 Å². The summed E-state index contributed by atoms with van der Waals surface area (Å²) < 4.78 is 5.00. The lowest BCUT2D eigenvalue weighted by molar-refractivity contribution is 0.203. The third-order valence-electron chi connectivity index (χ3n) is 3.29. The summed E-state index contributed by atoms with van der Waals surface area (Å²) in [6.07, 6.45) is 5.21.